The van der Waals surface area contributed by atoms with Crippen LogP contribution in [0.25, 0.3) is 0 Å². The van der Waals surface area contributed by atoms with E-state index in [9.17, 15) is 14.0 Å². The van der Waals surface area contributed by atoms with Crippen LogP contribution in [0.4, 0.5) is 4.39 Å². The zero-order valence-electron chi connectivity index (χ0n) is 15.7. The molecule has 152 valence electrons. The number of ether oxygens (including phenoxy) is 2. The molecule has 1 aromatic heterocycles. The zero-order valence-corrected chi connectivity index (χ0v) is 16.5. The summed E-state index contributed by atoms with van der Waals surface area (Å²) in [6, 6.07) is 7.19. The van der Waals surface area contributed by atoms with E-state index in [4.69, 9.17) is 9.47 Å². The van der Waals surface area contributed by atoms with Crippen molar-refractivity contribution in [3.8, 4) is 0 Å². The number of aromatic nitrogens is 2. The van der Waals surface area contributed by atoms with Crippen LogP contribution in [0, 0.1) is 5.82 Å². The molecule has 10 heteroatoms. The highest BCUT2D eigenvalue weighted by atomic mass is 32.2. The summed E-state index contributed by atoms with van der Waals surface area (Å²) in [4.78, 5) is 34.5. The molecule has 2 saturated heterocycles. The molecule has 0 aliphatic carbocycles. The molecule has 0 radical (unpaired) electrons. The maximum Gasteiger partial charge on any atom is 0.291 e. The fourth-order valence-corrected chi connectivity index (χ4v) is 3.68. The van der Waals surface area contributed by atoms with Crippen LogP contribution in [0.3, 0.4) is 0 Å². The monoisotopic (exact) mass is 418 g/mol. The number of benzene rings is 1. The number of amides is 2. The van der Waals surface area contributed by atoms with Crippen LogP contribution in [-0.2, 0) is 20.7 Å². The second-order valence-electron chi connectivity index (χ2n) is 6.65. The summed E-state index contributed by atoms with van der Waals surface area (Å²) in [5, 5.41) is 3.10. The van der Waals surface area contributed by atoms with Gasteiger partial charge in [0, 0.05) is 6.20 Å². The summed E-state index contributed by atoms with van der Waals surface area (Å²) in [6.45, 7) is 0.969. The van der Waals surface area contributed by atoms with Crippen molar-refractivity contribution in [2.45, 2.75) is 17.4 Å². The van der Waals surface area contributed by atoms with E-state index in [1.165, 1.54) is 46.2 Å². The molecule has 1 spiro atoms. The van der Waals surface area contributed by atoms with Crippen molar-refractivity contribution in [3.63, 3.8) is 0 Å². The number of hydrogen-bond donors (Lipinski definition) is 0. The third-order valence-electron chi connectivity index (χ3n) is 4.71. The standard InChI is InChI=1S/C19H19FN4O4S/c1-29-18-21-7-6-15(22-18)17(26)24-12-19(27-8-9-28-19)11-23(24)16(25)10-13-2-4-14(20)5-3-13/h2-7H,8-12H2,1H3. The van der Waals surface area contributed by atoms with Crippen LogP contribution in [0.2, 0.25) is 0 Å². The van der Waals surface area contributed by atoms with Crippen molar-refractivity contribution in [1.82, 2.24) is 20.0 Å². The van der Waals surface area contributed by atoms with E-state index in [0.717, 1.165) is 0 Å². The molecular weight excluding hydrogens is 399 g/mol. The second kappa shape index (κ2) is 8.05. The molecule has 0 atom stereocenters. The van der Waals surface area contributed by atoms with Gasteiger partial charge in [-0.15, -0.1) is 0 Å². The van der Waals surface area contributed by atoms with Gasteiger partial charge in [-0.05, 0) is 30.0 Å². The predicted molar refractivity (Wildman–Crippen MR) is 101 cm³/mol. The summed E-state index contributed by atoms with van der Waals surface area (Å²) in [5.41, 5.74) is 0.823. The van der Waals surface area contributed by atoms with E-state index in [-0.39, 0.29) is 36.9 Å². The number of carbonyl (C=O) groups is 2. The Balaban J connectivity index is 1.59. The van der Waals surface area contributed by atoms with Gasteiger partial charge in [0.15, 0.2) is 5.16 Å². The SMILES string of the molecule is CSc1nccc(C(=O)N2CC3(CN2C(=O)Cc2ccc(F)cc2)OCCO3)n1. The number of rotatable bonds is 4. The van der Waals surface area contributed by atoms with Gasteiger partial charge in [-0.1, -0.05) is 23.9 Å². The molecule has 8 nitrogen and oxygen atoms in total. The van der Waals surface area contributed by atoms with Gasteiger partial charge in [-0.2, -0.15) is 0 Å². The Morgan fingerprint density at radius 3 is 2.52 bits per heavy atom. The first-order valence-corrected chi connectivity index (χ1v) is 10.2. The number of hydrogen-bond acceptors (Lipinski definition) is 7. The molecule has 3 heterocycles. The molecule has 1 aromatic carbocycles. The average Bonchev–Trinajstić information content (AvgIpc) is 3.36. The lowest BCUT2D eigenvalue weighted by molar-refractivity contribution is -0.147. The van der Waals surface area contributed by atoms with Gasteiger partial charge in [0.1, 0.15) is 11.5 Å². The molecule has 0 saturated carbocycles. The highest BCUT2D eigenvalue weighted by Gasteiger charge is 2.51. The minimum absolute atomic E-state index is 0.0139. The topological polar surface area (TPSA) is 84.9 Å². The molecule has 2 aliphatic rings. The van der Waals surface area contributed by atoms with Crippen molar-refractivity contribution >= 4 is 23.6 Å². The van der Waals surface area contributed by atoms with E-state index >= 15 is 0 Å². The minimum atomic E-state index is -1.04. The number of halogens is 1. The van der Waals surface area contributed by atoms with Crippen molar-refractivity contribution in [3.05, 3.63) is 53.6 Å². The van der Waals surface area contributed by atoms with Crippen molar-refractivity contribution in [2.75, 3.05) is 32.6 Å². The third-order valence-corrected chi connectivity index (χ3v) is 5.27. The summed E-state index contributed by atoms with van der Waals surface area (Å²) >= 11 is 1.32. The van der Waals surface area contributed by atoms with Gasteiger partial charge >= 0.3 is 0 Å². The van der Waals surface area contributed by atoms with Crippen LogP contribution in [0.5, 0.6) is 0 Å². The zero-order chi connectivity index (χ0) is 20.4. The lowest BCUT2D eigenvalue weighted by Gasteiger charge is -2.26. The fourth-order valence-electron chi connectivity index (χ4n) is 3.32. The molecule has 2 aromatic rings. The van der Waals surface area contributed by atoms with Crippen LogP contribution in [0.15, 0.2) is 41.7 Å². The predicted octanol–water partition coefficient (Wildman–Crippen LogP) is 1.52. The van der Waals surface area contributed by atoms with Crippen molar-refractivity contribution < 1.29 is 23.5 Å². The van der Waals surface area contributed by atoms with Gasteiger partial charge in [-0.25, -0.2) is 24.4 Å². The summed E-state index contributed by atoms with van der Waals surface area (Å²) in [6.07, 6.45) is 3.33. The maximum absolute atomic E-state index is 13.1. The highest BCUT2D eigenvalue weighted by molar-refractivity contribution is 7.98. The van der Waals surface area contributed by atoms with E-state index in [2.05, 4.69) is 9.97 Å². The molecule has 4 rings (SSSR count). The van der Waals surface area contributed by atoms with Gasteiger partial charge in [0.05, 0.1) is 32.7 Å². The first-order chi connectivity index (χ1) is 14.0. The normalized spacial score (nSPS) is 17.9. The van der Waals surface area contributed by atoms with Gasteiger partial charge in [0.25, 0.3) is 5.91 Å². The fraction of sp³-hybridized carbons (Fsp3) is 0.368. The van der Waals surface area contributed by atoms with Crippen molar-refractivity contribution in [2.24, 2.45) is 0 Å². The van der Waals surface area contributed by atoms with E-state index < -0.39 is 11.7 Å². The average molecular weight is 418 g/mol. The first-order valence-electron chi connectivity index (χ1n) is 9.01. The summed E-state index contributed by atoms with van der Waals surface area (Å²) in [5.74, 6) is -2.17. The molecule has 2 aliphatic heterocycles. The Morgan fingerprint density at radius 1 is 1.14 bits per heavy atom. The molecule has 0 N–H and O–H groups in total. The highest BCUT2D eigenvalue weighted by Crippen LogP contribution is 2.31. The van der Waals surface area contributed by atoms with E-state index in [1.807, 2.05) is 6.26 Å². The van der Waals surface area contributed by atoms with E-state index in [1.54, 1.807) is 12.1 Å². The van der Waals surface area contributed by atoms with Crippen LogP contribution >= 0.6 is 11.8 Å². The maximum atomic E-state index is 13.1. The Labute approximate surface area is 171 Å². The molecule has 2 fully saturated rings. The third kappa shape index (κ3) is 4.09. The number of thioether (sulfide) groups is 1. The molecular formula is C19H19FN4O4S. The molecule has 0 unspecified atom stereocenters. The van der Waals surface area contributed by atoms with E-state index in [0.29, 0.717) is 23.9 Å². The molecule has 2 amide bonds. The molecule has 0 bridgehead atoms. The number of nitrogens with zero attached hydrogens (tertiary/aromatic N) is 4. The lowest BCUT2D eigenvalue weighted by Crippen LogP contribution is -2.45. The Morgan fingerprint density at radius 2 is 1.83 bits per heavy atom. The van der Waals surface area contributed by atoms with Crippen LogP contribution in [-0.4, -0.2) is 70.1 Å². The minimum Gasteiger partial charge on any atom is -0.344 e. The smallest absolute Gasteiger partial charge is 0.291 e. The van der Waals surface area contributed by atoms with Gasteiger partial charge in [0.2, 0.25) is 11.7 Å². The van der Waals surface area contributed by atoms with Crippen molar-refractivity contribution in [1.29, 1.82) is 0 Å². The van der Waals surface area contributed by atoms with Crippen LogP contribution in [0.1, 0.15) is 16.1 Å². The lowest BCUT2D eigenvalue weighted by atomic mass is 10.1. The summed E-state index contributed by atoms with van der Waals surface area (Å²) in [7, 11) is 0. The molecule has 29 heavy (non-hydrogen) atoms. The first kappa shape index (κ1) is 19.7. The van der Waals surface area contributed by atoms with Crippen LogP contribution < -0.4 is 0 Å². The van der Waals surface area contributed by atoms with Gasteiger partial charge < -0.3 is 9.47 Å². The summed E-state index contributed by atoms with van der Waals surface area (Å²) < 4.78 is 24.6. The number of carbonyl (C=O) groups excluding carboxylic acids is 2. The number of hydrazine groups is 1. The van der Waals surface area contributed by atoms with Gasteiger partial charge in [-0.3, -0.25) is 9.59 Å². The Hall–Kier alpha value is -2.56. The Bertz CT molecular complexity index is 921. The Kier molecular flexibility index (Phi) is 5.48. The second-order valence-corrected chi connectivity index (χ2v) is 7.43. The largest absolute Gasteiger partial charge is 0.344 e. The quantitative estimate of drug-likeness (QED) is 0.550.